The summed E-state index contributed by atoms with van der Waals surface area (Å²) in [6.45, 7) is 5.13. The molecule has 0 saturated heterocycles. The number of nitrogens with two attached hydrogens (primary N) is 1. The quantitative estimate of drug-likeness (QED) is 0.675. The molecule has 3 rings (SSSR count). The number of hydrogen-bond donors (Lipinski definition) is 3. The van der Waals surface area contributed by atoms with E-state index in [9.17, 15) is 4.79 Å². The Kier molecular flexibility index (Phi) is 4.16. The highest BCUT2D eigenvalue weighted by atomic mass is 16.2. The molecule has 2 aromatic heterocycles. The number of amides is 1. The number of nitrogens with one attached hydrogen (secondary N) is 2. The lowest BCUT2D eigenvalue weighted by Crippen LogP contribution is -2.37. The summed E-state index contributed by atoms with van der Waals surface area (Å²) >= 11 is 0. The Morgan fingerprint density at radius 1 is 1.43 bits per heavy atom. The van der Waals surface area contributed by atoms with Crippen LogP contribution in [0.1, 0.15) is 18.3 Å². The number of anilines is 1. The minimum Gasteiger partial charge on any atom is -0.348 e. The van der Waals surface area contributed by atoms with E-state index >= 15 is 0 Å². The van der Waals surface area contributed by atoms with Crippen LogP contribution >= 0.6 is 0 Å². The first-order chi connectivity index (χ1) is 11.1. The van der Waals surface area contributed by atoms with E-state index < -0.39 is 6.04 Å². The molecule has 23 heavy (non-hydrogen) atoms. The molecule has 4 N–H and O–H groups in total. The number of fused-ring (bicyclic) bond motifs is 1. The van der Waals surface area contributed by atoms with Crippen molar-refractivity contribution in [1.82, 2.24) is 14.5 Å². The molecule has 0 aliphatic rings. The zero-order chi connectivity index (χ0) is 16.4. The number of imidazole rings is 1. The summed E-state index contributed by atoms with van der Waals surface area (Å²) in [6.07, 6.45) is 3.68. The van der Waals surface area contributed by atoms with Crippen LogP contribution in [0, 0.1) is 6.92 Å². The van der Waals surface area contributed by atoms with Crippen molar-refractivity contribution in [3.05, 3.63) is 48.2 Å². The first-order valence-corrected chi connectivity index (χ1v) is 7.72. The van der Waals surface area contributed by atoms with Gasteiger partial charge in [-0.1, -0.05) is 0 Å². The third-order valence-corrected chi connectivity index (χ3v) is 4.02. The van der Waals surface area contributed by atoms with Crippen molar-refractivity contribution in [1.29, 1.82) is 0 Å². The van der Waals surface area contributed by atoms with Crippen molar-refractivity contribution >= 4 is 22.5 Å². The molecule has 6 heteroatoms. The highest BCUT2D eigenvalue weighted by Crippen LogP contribution is 2.23. The molecule has 0 unspecified atom stereocenters. The average molecular weight is 311 g/mol. The highest BCUT2D eigenvalue weighted by molar-refractivity contribution is 5.97. The second-order valence-corrected chi connectivity index (χ2v) is 5.68. The molecule has 1 atom stereocenters. The Morgan fingerprint density at radius 3 is 2.96 bits per heavy atom. The molecule has 2 heterocycles. The lowest BCUT2D eigenvalue weighted by atomic mass is 10.1. The fourth-order valence-corrected chi connectivity index (χ4v) is 2.87. The molecule has 1 aromatic carbocycles. The van der Waals surface area contributed by atoms with Gasteiger partial charge in [0.05, 0.1) is 12.4 Å². The maximum atomic E-state index is 12.2. The Morgan fingerprint density at radius 2 is 2.26 bits per heavy atom. The molecule has 3 aromatic rings. The first-order valence-electron chi connectivity index (χ1n) is 7.72. The zero-order valence-electron chi connectivity index (χ0n) is 13.3. The molecule has 0 bridgehead atoms. The number of H-pyrrole nitrogens is 1. The van der Waals surface area contributed by atoms with Crippen molar-refractivity contribution in [2.75, 3.05) is 5.32 Å². The molecule has 0 spiro atoms. The van der Waals surface area contributed by atoms with Gasteiger partial charge in [0.2, 0.25) is 5.91 Å². The normalized spacial score (nSPS) is 12.5. The highest BCUT2D eigenvalue weighted by Gasteiger charge is 2.15. The summed E-state index contributed by atoms with van der Waals surface area (Å²) in [7, 11) is 0. The number of carbonyl (C=O) groups is 1. The number of aryl methyl sites for hydroxylation is 2. The van der Waals surface area contributed by atoms with Crippen molar-refractivity contribution < 1.29 is 4.79 Å². The largest absolute Gasteiger partial charge is 0.348 e. The maximum Gasteiger partial charge on any atom is 0.241 e. The minimum atomic E-state index is -0.617. The molecule has 0 saturated carbocycles. The monoisotopic (exact) mass is 311 g/mol. The first kappa shape index (κ1) is 15.3. The van der Waals surface area contributed by atoms with Crippen LogP contribution < -0.4 is 11.1 Å². The average Bonchev–Trinajstić information content (AvgIpc) is 3.13. The number of nitrogens with zero attached hydrogens (tertiary/aromatic N) is 2. The molecule has 6 nitrogen and oxygen atoms in total. The van der Waals surface area contributed by atoms with Crippen LogP contribution in [0.15, 0.2) is 36.8 Å². The number of rotatable bonds is 5. The van der Waals surface area contributed by atoms with Gasteiger partial charge in [0, 0.05) is 47.1 Å². The van der Waals surface area contributed by atoms with Gasteiger partial charge in [-0.25, -0.2) is 4.98 Å². The number of benzene rings is 1. The molecular weight excluding hydrogens is 290 g/mol. The Hall–Kier alpha value is -2.60. The van der Waals surface area contributed by atoms with E-state index in [-0.39, 0.29) is 5.91 Å². The van der Waals surface area contributed by atoms with E-state index in [0.717, 1.165) is 23.3 Å². The predicted octanol–water partition coefficient (Wildman–Crippen LogP) is 2.20. The lowest BCUT2D eigenvalue weighted by molar-refractivity contribution is -0.117. The van der Waals surface area contributed by atoms with Gasteiger partial charge in [-0.2, -0.15) is 0 Å². The van der Waals surface area contributed by atoms with Crippen molar-refractivity contribution in [3.63, 3.8) is 0 Å². The number of carbonyl (C=O) groups excluding carboxylic acids is 1. The van der Waals surface area contributed by atoms with Gasteiger partial charge in [-0.15, -0.1) is 0 Å². The second-order valence-electron chi connectivity index (χ2n) is 5.68. The predicted molar refractivity (Wildman–Crippen MR) is 91.2 cm³/mol. The van der Waals surface area contributed by atoms with Crippen molar-refractivity contribution in [3.8, 4) is 0 Å². The molecule has 0 aliphatic heterocycles. The summed E-state index contributed by atoms with van der Waals surface area (Å²) in [5.74, 6) is -0.203. The van der Waals surface area contributed by atoms with E-state index in [4.69, 9.17) is 5.73 Å². The fraction of sp³-hybridized carbons (Fsp3) is 0.294. The fourth-order valence-electron chi connectivity index (χ4n) is 2.87. The minimum absolute atomic E-state index is 0.203. The van der Waals surface area contributed by atoms with E-state index in [1.54, 1.807) is 12.5 Å². The Bertz CT molecular complexity index is 819. The molecule has 1 amide bonds. The summed E-state index contributed by atoms with van der Waals surface area (Å²) in [5.41, 5.74) is 9.94. The van der Waals surface area contributed by atoms with Crippen molar-refractivity contribution in [2.24, 2.45) is 5.73 Å². The number of hydrogen-bond acceptors (Lipinski definition) is 3. The summed E-state index contributed by atoms with van der Waals surface area (Å²) in [5, 5.41) is 4.00. The van der Waals surface area contributed by atoms with Crippen LogP contribution in [-0.2, 0) is 17.8 Å². The van der Waals surface area contributed by atoms with Crippen LogP contribution in [0.2, 0.25) is 0 Å². The Labute approximate surface area is 134 Å². The molecule has 0 fully saturated rings. The van der Waals surface area contributed by atoms with E-state index in [1.807, 2.05) is 18.2 Å². The lowest BCUT2D eigenvalue weighted by Gasteiger charge is -2.12. The Balaban J connectivity index is 1.74. The van der Waals surface area contributed by atoms with Gasteiger partial charge < -0.3 is 20.6 Å². The number of aromatic amines is 1. The smallest absolute Gasteiger partial charge is 0.241 e. The second kappa shape index (κ2) is 6.26. The topological polar surface area (TPSA) is 88.7 Å². The van der Waals surface area contributed by atoms with Crippen LogP contribution in [0.25, 0.3) is 10.9 Å². The summed E-state index contributed by atoms with van der Waals surface area (Å²) < 4.78 is 2.24. The SMILES string of the molecule is CCn1c(C)cc2cc(NC(=O)[C@@H](N)Cc3cnc[nH]3)ccc21. The summed E-state index contributed by atoms with van der Waals surface area (Å²) in [4.78, 5) is 19.1. The van der Waals surface area contributed by atoms with Gasteiger partial charge in [0.25, 0.3) is 0 Å². The molecule has 120 valence electrons. The molecular formula is C17H21N5O. The standard InChI is InChI=1S/C17H21N5O/c1-3-22-11(2)6-12-7-13(4-5-16(12)22)21-17(23)15(18)8-14-9-19-10-20-14/h4-7,9-10,15H,3,8,18H2,1-2H3,(H,19,20)(H,21,23)/t15-/m0/s1. The maximum absolute atomic E-state index is 12.2. The number of aromatic nitrogens is 3. The summed E-state index contributed by atoms with van der Waals surface area (Å²) in [6, 6.07) is 7.43. The van der Waals surface area contributed by atoms with Gasteiger partial charge in [-0.05, 0) is 38.1 Å². The van der Waals surface area contributed by atoms with Crippen LogP contribution in [-0.4, -0.2) is 26.5 Å². The van der Waals surface area contributed by atoms with Crippen LogP contribution in [0.4, 0.5) is 5.69 Å². The van der Waals surface area contributed by atoms with Crippen LogP contribution in [0.5, 0.6) is 0 Å². The van der Waals surface area contributed by atoms with E-state index in [1.165, 1.54) is 11.2 Å². The van der Waals surface area contributed by atoms with Crippen molar-refractivity contribution in [2.45, 2.75) is 32.9 Å². The van der Waals surface area contributed by atoms with Gasteiger partial charge >= 0.3 is 0 Å². The van der Waals surface area contributed by atoms with Gasteiger partial charge in [-0.3, -0.25) is 4.79 Å². The van der Waals surface area contributed by atoms with Gasteiger partial charge in [0.15, 0.2) is 0 Å². The van der Waals surface area contributed by atoms with E-state index in [2.05, 4.69) is 39.8 Å². The molecule has 0 aliphatic carbocycles. The van der Waals surface area contributed by atoms with Gasteiger partial charge in [0.1, 0.15) is 0 Å². The molecule has 0 radical (unpaired) electrons. The third kappa shape index (κ3) is 3.12. The van der Waals surface area contributed by atoms with E-state index in [0.29, 0.717) is 6.42 Å². The third-order valence-electron chi connectivity index (χ3n) is 4.02. The zero-order valence-corrected chi connectivity index (χ0v) is 13.3. The van der Waals surface area contributed by atoms with Crippen LogP contribution in [0.3, 0.4) is 0 Å².